The fraction of sp³-hybridized carbons (Fsp3) is 0.231. The molecule has 0 unspecified atom stereocenters. The molecule has 5 aromatic rings. The average Bonchev–Trinajstić information content (AvgIpc) is 3.05. The van der Waals surface area contributed by atoms with Crippen molar-refractivity contribution < 1.29 is 0 Å². The van der Waals surface area contributed by atoms with E-state index in [9.17, 15) is 0 Å². The Hall–Kier alpha value is -4.10. The van der Waals surface area contributed by atoms with Crippen molar-refractivity contribution in [2.24, 2.45) is 0 Å². The molecule has 0 N–H and O–H groups in total. The maximum atomic E-state index is 2.21. The molecule has 0 saturated carbocycles. The van der Waals surface area contributed by atoms with Crippen LogP contribution in [0.3, 0.4) is 0 Å². The van der Waals surface area contributed by atoms with Gasteiger partial charge in [-0.1, -0.05) is 156 Å². The molecule has 5 rings (SSSR count). The zero-order chi connectivity index (χ0) is 29.5. The van der Waals surface area contributed by atoms with Crippen LogP contribution in [-0.2, 0) is 0 Å². The van der Waals surface area contributed by atoms with Crippen LogP contribution in [0.25, 0.3) is 44.5 Å². The van der Waals surface area contributed by atoms with Gasteiger partial charge in [0.1, 0.15) is 0 Å². The van der Waals surface area contributed by atoms with Crippen molar-refractivity contribution in [1.82, 2.24) is 0 Å². The van der Waals surface area contributed by atoms with Gasteiger partial charge in [-0.2, -0.15) is 0 Å². The fourth-order valence-electron chi connectivity index (χ4n) is 4.26. The van der Waals surface area contributed by atoms with Gasteiger partial charge in [-0.15, -0.1) is 0 Å². The van der Waals surface area contributed by atoms with Crippen LogP contribution in [0.1, 0.15) is 47.1 Å². The first kappa shape index (κ1) is 32.1. The Kier molecular flexibility index (Phi) is 13.5. The van der Waals surface area contributed by atoms with Gasteiger partial charge in [-0.3, -0.25) is 0 Å². The number of nitrogens with zero attached hydrogens (tertiary/aromatic N) is 1. The number of anilines is 1. The van der Waals surface area contributed by atoms with E-state index >= 15 is 0 Å². The van der Waals surface area contributed by atoms with Gasteiger partial charge in [-0.05, 0) is 63.6 Å². The van der Waals surface area contributed by atoms with Gasteiger partial charge < -0.3 is 4.90 Å². The second-order valence-corrected chi connectivity index (χ2v) is 9.04. The van der Waals surface area contributed by atoms with Crippen molar-refractivity contribution in [3.63, 3.8) is 0 Å². The molecule has 0 radical (unpaired) electrons. The van der Waals surface area contributed by atoms with Crippen LogP contribution in [0.5, 0.6) is 0 Å². The van der Waals surface area contributed by atoms with Gasteiger partial charge in [0.2, 0.25) is 0 Å². The predicted molar refractivity (Wildman–Crippen MR) is 181 cm³/mol. The molecule has 0 aliphatic heterocycles. The van der Waals surface area contributed by atoms with Crippen LogP contribution >= 0.6 is 0 Å². The normalized spacial score (nSPS) is 9.62. The smallest absolute Gasteiger partial charge is 0.0361 e. The highest BCUT2D eigenvalue weighted by Crippen LogP contribution is 2.29. The van der Waals surface area contributed by atoms with E-state index in [1.165, 1.54) is 55.8 Å². The molecule has 0 spiro atoms. The zero-order valence-corrected chi connectivity index (χ0v) is 26.0. The van der Waals surface area contributed by atoms with Crippen LogP contribution < -0.4 is 4.90 Å². The Labute approximate surface area is 244 Å². The highest BCUT2D eigenvalue weighted by atomic mass is 15.1. The molecule has 0 fully saturated rings. The van der Waals surface area contributed by atoms with Crippen LogP contribution in [0.2, 0.25) is 0 Å². The van der Waals surface area contributed by atoms with E-state index in [0.29, 0.717) is 0 Å². The third-order valence-corrected chi connectivity index (χ3v) is 6.42. The topological polar surface area (TPSA) is 3.24 Å². The lowest BCUT2D eigenvalue weighted by molar-refractivity contribution is 1.13. The van der Waals surface area contributed by atoms with Gasteiger partial charge in [0.25, 0.3) is 0 Å². The average molecular weight is 530 g/mol. The first-order chi connectivity index (χ1) is 19.6. The molecule has 0 saturated heterocycles. The maximum Gasteiger partial charge on any atom is 0.0361 e. The first-order valence-electron chi connectivity index (χ1n) is 14.7. The number of hydrogen-bond donors (Lipinski definition) is 0. The van der Waals surface area contributed by atoms with E-state index in [1.54, 1.807) is 0 Å². The maximum absolute atomic E-state index is 2.21. The summed E-state index contributed by atoms with van der Waals surface area (Å²) in [5.41, 5.74) is 12.4. The van der Waals surface area contributed by atoms with E-state index in [2.05, 4.69) is 147 Å². The number of aryl methyl sites for hydroxylation is 1. The Morgan fingerprint density at radius 1 is 0.300 bits per heavy atom. The van der Waals surface area contributed by atoms with Gasteiger partial charge in [0, 0.05) is 19.8 Å². The summed E-state index contributed by atoms with van der Waals surface area (Å²) < 4.78 is 0. The van der Waals surface area contributed by atoms with Crippen LogP contribution in [0, 0.1) is 6.92 Å². The molecule has 40 heavy (non-hydrogen) atoms. The van der Waals surface area contributed by atoms with Crippen molar-refractivity contribution in [3.05, 3.63) is 127 Å². The van der Waals surface area contributed by atoms with Crippen LogP contribution in [0.4, 0.5) is 5.69 Å². The molecule has 0 aromatic heterocycles. The van der Waals surface area contributed by atoms with E-state index < -0.39 is 0 Å². The van der Waals surface area contributed by atoms with Gasteiger partial charge in [0.05, 0.1) is 0 Å². The SMILES string of the molecule is CC.CC.CC.Cc1ccc(-c2ccc(-c3ccc(-c4ccc(-c5ccc(N(C)C)cc5)cc4)cc3)cc2)cc1. The summed E-state index contributed by atoms with van der Waals surface area (Å²) in [6.07, 6.45) is 0. The highest BCUT2D eigenvalue weighted by molar-refractivity contribution is 5.75. The molecule has 1 nitrogen and oxygen atoms in total. The summed E-state index contributed by atoms with van der Waals surface area (Å²) in [5, 5.41) is 0. The molecular weight excluding hydrogens is 482 g/mol. The van der Waals surface area contributed by atoms with Crippen molar-refractivity contribution in [1.29, 1.82) is 0 Å². The summed E-state index contributed by atoms with van der Waals surface area (Å²) in [5.74, 6) is 0. The Bertz CT molecular complexity index is 1360. The summed E-state index contributed by atoms with van der Waals surface area (Å²) >= 11 is 0. The lowest BCUT2D eigenvalue weighted by atomic mass is 9.97. The minimum absolute atomic E-state index is 1.21. The fourth-order valence-corrected chi connectivity index (χ4v) is 4.26. The van der Waals surface area contributed by atoms with E-state index in [1.807, 2.05) is 41.5 Å². The number of benzene rings is 5. The summed E-state index contributed by atoms with van der Waals surface area (Å²) in [4.78, 5) is 2.12. The zero-order valence-electron chi connectivity index (χ0n) is 26.0. The Balaban J connectivity index is 0.000000876. The Morgan fingerprint density at radius 3 is 0.675 bits per heavy atom. The largest absolute Gasteiger partial charge is 0.378 e. The second-order valence-electron chi connectivity index (χ2n) is 9.04. The minimum atomic E-state index is 1.21. The molecule has 0 amide bonds. The van der Waals surface area contributed by atoms with Crippen molar-refractivity contribution in [2.45, 2.75) is 48.5 Å². The van der Waals surface area contributed by atoms with Crippen molar-refractivity contribution in [3.8, 4) is 44.5 Å². The second kappa shape index (κ2) is 16.8. The van der Waals surface area contributed by atoms with Gasteiger partial charge >= 0.3 is 0 Å². The first-order valence-corrected chi connectivity index (χ1v) is 14.7. The molecule has 5 aromatic carbocycles. The molecule has 208 valence electrons. The van der Waals surface area contributed by atoms with Crippen LogP contribution in [0.15, 0.2) is 121 Å². The van der Waals surface area contributed by atoms with Crippen molar-refractivity contribution >= 4 is 5.69 Å². The van der Waals surface area contributed by atoms with Crippen molar-refractivity contribution in [2.75, 3.05) is 19.0 Å². The van der Waals surface area contributed by atoms with E-state index in [0.717, 1.165) is 0 Å². The predicted octanol–water partition coefficient (Wildman–Crippen LogP) is 11.8. The standard InChI is InChI=1S/C33H29N.3C2H6/c1-24-4-6-25(7-5-24)26-8-10-27(11-9-26)28-12-14-29(15-13-28)30-16-18-31(19-17-30)32-20-22-33(23-21-32)34(2)3;3*1-2/h4-23H,1-3H3;3*1-2H3. The van der Waals surface area contributed by atoms with Gasteiger partial charge in [-0.25, -0.2) is 0 Å². The summed E-state index contributed by atoms with van der Waals surface area (Å²) in [6.45, 7) is 14.1. The Morgan fingerprint density at radius 2 is 0.475 bits per heavy atom. The molecule has 1 heteroatoms. The van der Waals surface area contributed by atoms with E-state index in [4.69, 9.17) is 0 Å². The molecular formula is C39H47N. The summed E-state index contributed by atoms with van der Waals surface area (Å²) in [6, 6.07) is 43.9. The number of hydrogen-bond acceptors (Lipinski definition) is 1. The lowest BCUT2D eigenvalue weighted by Crippen LogP contribution is -2.07. The lowest BCUT2D eigenvalue weighted by Gasteiger charge is -2.13. The monoisotopic (exact) mass is 529 g/mol. The molecule has 0 bridgehead atoms. The van der Waals surface area contributed by atoms with Gasteiger partial charge in [0.15, 0.2) is 0 Å². The molecule has 0 aliphatic rings. The minimum Gasteiger partial charge on any atom is -0.378 e. The third-order valence-electron chi connectivity index (χ3n) is 6.42. The molecule has 0 heterocycles. The quantitative estimate of drug-likeness (QED) is 0.219. The van der Waals surface area contributed by atoms with Crippen LogP contribution in [-0.4, -0.2) is 14.1 Å². The van der Waals surface area contributed by atoms with E-state index in [-0.39, 0.29) is 0 Å². The molecule has 0 atom stereocenters. The molecule has 0 aliphatic carbocycles. The third kappa shape index (κ3) is 8.45. The summed E-state index contributed by atoms with van der Waals surface area (Å²) in [7, 11) is 4.13. The number of rotatable bonds is 5. The highest BCUT2D eigenvalue weighted by Gasteiger charge is 2.04.